The topological polar surface area (TPSA) is 30.5 Å². The maximum absolute atomic E-state index is 5.20. The summed E-state index contributed by atoms with van der Waals surface area (Å²) in [5.41, 5.74) is 0. The first-order valence-electron chi connectivity index (χ1n) is 9.73. The molecule has 0 amide bonds. The lowest BCUT2D eigenvalue weighted by molar-refractivity contribution is -0.0642. The van der Waals surface area contributed by atoms with Crippen molar-refractivity contribution in [2.75, 3.05) is 6.54 Å². The molecular formula is C21H37NO2. The van der Waals surface area contributed by atoms with Crippen LogP contribution in [0.25, 0.3) is 0 Å². The van der Waals surface area contributed by atoms with Crippen molar-refractivity contribution in [1.29, 1.82) is 0 Å². The van der Waals surface area contributed by atoms with E-state index in [9.17, 15) is 0 Å². The largest absolute Gasteiger partial charge is 0.389 e. The van der Waals surface area contributed by atoms with E-state index in [1.807, 2.05) is 0 Å². The molecule has 0 aromatic heterocycles. The molecule has 0 aliphatic carbocycles. The van der Waals surface area contributed by atoms with Crippen LogP contribution in [-0.2, 0) is 9.47 Å². The van der Waals surface area contributed by atoms with Gasteiger partial charge in [-0.3, -0.25) is 0 Å². The second-order valence-electron chi connectivity index (χ2n) is 6.11. The monoisotopic (exact) mass is 335 g/mol. The first-order valence-corrected chi connectivity index (χ1v) is 9.73. The predicted molar refractivity (Wildman–Crippen MR) is 102 cm³/mol. The van der Waals surface area contributed by atoms with Crippen LogP contribution in [0.4, 0.5) is 0 Å². The minimum absolute atomic E-state index is 0.558. The normalized spacial score (nSPS) is 9.83. The average Bonchev–Trinajstić information content (AvgIpc) is 2.60. The van der Waals surface area contributed by atoms with E-state index in [-0.39, 0.29) is 0 Å². The van der Waals surface area contributed by atoms with Gasteiger partial charge in [0.25, 0.3) is 0 Å². The van der Waals surface area contributed by atoms with Gasteiger partial charge in [0.05, 0.1) is 0 Å². The fourth-order valence-corrected chi connectivity index (χ4v) is 2.52. The second-order valence-corrected chi connectivity index (χ2v) is 6.11. The van der Waals surface area contributed by atoms with E-state index in [4.69, 9.17) is 9.47 Å². The van der Waals surface area contributed by atoms with Crippen LogP contribution in [0.15, 0.2) is 0 Å². The molecule has 0 atom stereocenters. The van der Waals surface area contributed by atoms with Crippen LogP contribution in [0.1, 0.15) is 97.8 Å². The van der Waals surface area contributed by atoms with Gasteiger partial charge in [0, 0.05) is 20.4 Å². The van der Waals surface area contributed by atoms with E-state index in [0.717, 1.165) is 13.0 Å². The summed E-state index contributed by atoms with van der Waals surface area (Å²) in [5, 5.41) is 3.18. The molecule has 0 spiro atoms. The van der Waals surface area contributed by atoms with Crippen LogP contribution in [-0.4, -0.2) is 13.0 Å². The molecule has 0 saturated carbocycles. The molecule has 0 heterocycles. The maximum atomic E-state index is 5.20. The molecule has 24 heavy (non-hydrogen) atoms. The van der Waals surface area contributed by atoms with E-state index in [1.165, 1.54) is 70.6 Å². The quantitative estimate of drug-likeness (QED) is 0.228. The number of unbranched alkanes of at least 4 members (excludes halogenated alkanes) is 11. The molecule has 3 heteroatoms. The maximum Gasteiger partial charge on any atom is 0.320 e. The number of hydrogen-bond acceptors (Lipinski definition) is 3. The Labute approximate surface area is 150 Å². The Balaban J connectivity index is 3.37. The first-order chi connectivity index (χ1) is 11.8. The predicted octanol–water partition coefficient (Wildman–Crippen LogP) is 5.56. The summed E-state index contributed by atoms with van der Waals surface area (Å²) in [6.07, 6.45) is 20.8. The van der Waals surface area contributed by atoms with Gasteiger partial charge in [-0.1, -0.05) is 89.4 Å². The summed E-state index contributed by atoms with van der Waals surface area (Å²) < 4.78 is 10.4. The lowest BCUT2D eigenvalue weighted by atomic mass is 10.1. The van der Waals surface area contributed by atoms with E-state index >= 15 is 0 Å². The Bertz CT molecular complexity index is 351. The fraction of sp³-hybridized carbons (Fsp3) is 0.810. The van der Waals surface area contributed by atoms with E-state index < -0.39 is 6.41 Å². The van der Waals surface area contributed by atoms with Gasteiger partial charge < -0.3 is 9.47 Å². The van der Waals surface area contributed by atoms with Crippen molar-refractivity contribution < 1.29 is 9.47 Å². The van der Waals surface area contributed by atoms with Gasteiger partial charge in [-0.2, -0.15) is 0 Å². The van der Waals surface area contributed by atoms with Gasteiger partial charge in [-0.05, 0) is 6.42 Å². The molecule has 0 aliphatic heterocycles. The highest BCUT2D eigenvalue weighted by Gasteiger charge is 2.06. The lowest BCUT2D eigenvalue weighted by Crippen LogP contribution is -2.32. The van der Waals surface area contributed by atoms with Crippen molar-refractivity contribution in [1.82, 2.24) is 5.32 Å². The highest BCUT2D eigenvalue weighted by Crippen LogP contribution is 2.11. The molecule has 0 radical (unpaired) electrons. The van der Waals surface area contributed by atoms with Gasteiger partial charge in [0.2, 0.25) is 0 Å². The summed E-state index contributed by atoms with van der Waals surface area (Å²) in [5.74, 6) is 5.37. The Morgan fingerprint density at radius 3 is 1.50 bits per heavy atom. The molecule has 0 unspecified atom stereocenters. The van der Waals surface area contributed by atoms with Gasteiger partial charge >= 0.3 is 6.41 Å². The molecular weight excluding hydrogens is 298 g/mol. The second kappa shape index (κ2) is 19.7. The van der Waals surface area contributed by atoms with Crippen molar-refractivity contribution in [3.8, 4) is 24.1 Å². The van der Waals surface area contributed by atoms with Crippen molar-refractivity contribution in [3.63, 3.8) is 0 Å². The number of nitrogens with one attached hydrogen (secondary N) is 1. The van der Waals surface area contributed by atoms with E-state index in [1.54, 1.807) is 13.8 Å². The lowest BCUT2D eigenvalue weighted by Gasteiger charge is -2.13. The van der Waals surface area contributed by atoms with Crippen LogP contribution in [0.3, 0.4) is 0 Å². The molecule has 0 rings (SSSR count). The molecule has 0 aliphatic rings. The van der Waals surface area contributed by atoms with Crippen LogP contribution < -0.4 is 5.32 Å². The zero-order chi connectivity index (χ0) is 17.7. The van der Waals surface area contributed by atoms with Gasteiger partial charge in [-0.15, -0.1) is 0 Å². The average molecular weight is 336 g/mol. The fourth-order valence-electron chi connectivity index (χ4n) is 2.52. The minimum atomic E-state index is -0.558. The first kappa shape index (κ1) is 22.7. The Morgan fingerprint density at radius 1 is 0.667 bits per heavy atom. The highest BCUT2D eigenvalue weighted by molar-refractivity contribution is 4.88. The standard InChI is InChI=1S/C21H37NO2/c1-4-7-8-9-10-11-12-13-14-15-16-17-18-22-21(23-19-5-2)24-20-6-3/h21-22H,4,7-18H2,1-3H3. The molecule has 0 aromatic carbocycles. The zero-order valence-corrected chi connectivity index (χ0v) is 16.1. The molecule has 0 aromatic rings. The minimum Gasteiger partial charge on any atom is -0.389 e. The smallest absolute Gasteiger partial charge is 0.320 e. The summed E-state index contributed by atoms with van der Waals surface area (Å²) in [6.45, 7) is 6.59. The van der Waals surface area contributed by atoms with Crippen molar-refractivity contribution in [3.05, 3.63) is 0 Å². The third-order valence-corrected chi connectivity index (χ3v) is 3.88. The Kier molecular flexibility index (Phi) is 18.6. The highest BCUT2D eigenvalue weighted by atomic mass is 16.7. The van der Waals surface area contributed by atoms with Crippen molar-refractivity contribution in [2.24, 2.45) is 0 Å². The van der Waals surface area contributed by atoms with Crippen molar-refractivity contribution >= 4 is 0 Å². The third-order valence-electron chi connectivity index (χ3n) is 3.88. The molecule has 0 saturated heterocycles. The van der Waals surface area contributed by atoms with Gasteiger partial charge in [-0.25, -0.2) is 5.32 Å². The molecule has 0 fully saturated rings. The van der Waals surface area contributed by atoms with Crippen LogP contribution in [0.5, 0.6) is 0 Å². The Morgan fingerprint density at radius 2 is 1.08 bits per heavy atom. The van der Waals surface area contributed by atoms with Gasteiger partial charge in [0.15, 0.2) is 0 Å². The van der Waals surface area contributed by atoms with E-state index in [0.29, 0.717) is 0 Å². The molecule has 138 valence electrons. The van der Waals surface area contributed by atoms with E-state index in [2.05, 4.69) is 36.3 Å². The van der Waals surface area contributed by atoms with Crippen LogP contribution >= 0.6 is 0 Å². The summed E-state index contributed by atoms with van der Waals surface area (Å²) in [4.78, 5) is 0. The molecule has 0 bridgehead atoms. The Hall–Kier alpha value is -1.32. The summed E-state index contributed by atoms with van der Waals surface area (Å²) in [6, 6.07) is 0. The SMILES string of the molecule is CC#COC(NCCCCCCCCCCCCCC)OC#CC. The van der Waals surface area contributed by atoms with Crippen LogP contribution in [0.2, 0.25) is 0 Å². The molecule has 3 nitrogen and oxygen atoms in total. The van der Waals surface area contributed by atoms with Gasteiger partial charge in [0.1, 0.15) is 12.2 Å². The summed E-state index contributed by atoms with van der Waals surface area (Å²) >= 11 is 0. The third kappa shape index (κ3) is 17.0. The van der Waals surface area contributed by atoms with Crippen LogP contribution in [0, 0.1) is 24.1 Å². The number of rotatable bonds is 16. The summed E-state index contributed by atoms with van der Waals surface area (Å²) in [7, 11) is 0. The number of ether oxygens (including phenoxy) is 2. The number of hydrogen-bond donors (Lipinski definition) is 1. The van der Waals surface area contributed by atoms with Crippen molar-refractivity contribution in [2.45, 2.75) is 104 Å². The molecule has 1 N–H and O–H groups in total. The zero-order valence-electron chi connectivity index (χ0n) is 16.1.